The maximum atomic E-state index is 13.2. The van der Waals surface area contributed by atoms with Crippen LogP contribution in [0.15, 0.2) is 64.8 Å². The molecular weight excluding hydrogens is 450 g/mol. The summed E-state index contributed by atoms with van der Waals surface area (Å²) in [6, 6.07) is 11.4. The van der Waals surface area contributed by atoms with Crippen molar-refractivity contribution in [2.45, 2.75) is 12.6 Å². The van der Waals surface area contributed by atoms with E-state index in [1.54, 1.807) is 24.3 Å². The van der Waals surface area contributed by atoms with E-state index >= 15 is 0 Å². The molecule has 8 nitrogen and oxygen atoms in total. The molecule has 3 aromatic rings. The molecule has 1 aliphatic heterocycles. The highest BCUT2D eigenvalue weighted by Gasteiger charge is 2.46. The van der Waals surface area contributed by atoms with E-state index in [4.69, 9.17) is 25.5 Å². The standard InChI is InChI=1S/C24H20ClNO7/c1-31-14-6-8-19(32-2)16(11-14)22(28)20-21(13-5-7-18(27)17(25)10-13)26(24(30)23(20)29)12-15-4-3-9-33-15/h3-11,21,27-28H,12H2,1-2H3/b22-20+. The minimum absolute atomic E-state index is 0.0211. The van der Waals surface area contributed by atoms with Crippen molar-refractivity contribution < 1.29 is 33.7 Å². The van der Waals surface area contributed by atoms with Crippen LogP contribution in [0.3, 0.4) is 0 Å². The lowest BCUT2D eigenvalue weighted by molar-refractivity contribution is -0.140. The van der Waals surface area contributed by atoms with Gasteiger partial charge in [-0.2, -0.15) is 0 Å². The minimum atomic E-state index is -0.996. The smallest absolute Gasteiger partial charge is 0.296 e. The van der Waals surface area contributed by atoms with Gasteiger partial charge in [0, 0.05) is 0 Å². The van der Waals surface area contributed by atoms with Crippen molar-refractivity contribution in [2.24, 2.45) is 0 Å². The van der Waals surface area contributed by atoms with Crippen LogP contribution < -0.4 is 9.47 Å². The number of likely N-dealkylation sites (tertiary alicyclic amines) is 1. The number of phenolic OH excluding ortho intramolecular Hbond substituents is 1. The van der Waals surface area contributed by atoms with Crippen molar-refractivity contribution in [2.75, 3.05) is 14.2 Å². The number of amides is 1. The number of benzene rings is 2. The van der Waals surface area contributed by atoms with Crippen LogP contribution in [0.4, 0.5) is 0 Å². The quantitative estimate of drug-likeness (QED) is 0.315. The summed E-state index contributed by atoms with van der Waals surface area (Å²) in [7, 11) is 2.89. The number of aliphatic hydroxyl groups is 1. The summed E-state index contributed by atoms with van der Waals surface area (Å²) in [6.45, 7) is -0.0211. The van der Waals surface area contributed by atoms with E-state index in [9.17, 15) is 19.8 Å². The van der Waals surface area contributed by atoms with Crippen LogP contribution in [0.1, 0.15) is 22.9 Å². The van der Waals surface area contributed by atoms with Crippen LogP contribution in [0.5, 0.6) is 17.2 Å². The summed E-state index contributed by atoms with van der Waals surface area (Å²) in [6.07, 6.45) is 1.46. The van der Waals surface area contributed by atoms with Gasteiger partial charge in [-0.05, 0) is 48.0 Å². The van der Waals surface area contributed by atoms with Crippen LogP contribution in [0.25, 0.3) is 5.76 Å². The van der Waals surface area contributed by atoms with Crippen molar-refractivity contribution in [1.29, 1.82) is 0 Å². The van der Waals surface area contributed by atoms with Gasteiger partial charge in [0.1, 0.15) is 28.8 Å². The zero-order valence-electron chi connectivity index (χ0n) is 17.7. The van der Waals surface area contributed by atoms with Crippen molar-refractivity contribution in [3.8, 4) is 17.2 Å². The molecule has 0 bridgehead atoms. The molecule has 1 unspecified atom stereocenters. The molecule has 0 spiro atoms. The van der Waals surface area contributed by atoms with Gasteiger partial charge < -0.3 is 29.0 Å². The first-order valence-corrected chi connectivity index (χ1v) is 10.2. The first-order valence-electron chi connectivity index (χ1n) is 9.87. The molecule has 2 N–H and O–H groups in total. The van der Waals surface area contributed by atoms with Gasteiger partial charge in [0.05, 0.1) is 49.2 Å². The van der Waals surface area contributed by atoms with Crippen molar-refractivity contribution in [3.63, 3.8) is 0 Å². The summed E-state index contributed by atoms with van der Waals surface area (Å²) in [5.74, 6) is -1.12. The molecule has 0 aliphatic carbocycles. The van der Waals surface area contributed by atoms with Gasteiger partial charge >= 0.3 is 0 Å². The van der Waals surface area contributed by atoms with Crippen LogP contribution >= 0.6 is 11.6 Å². The molecule has 2 aromatic carbocycles. The number of ether oxygens (including phenoxy) is 2. The Kier molecular flexibility index (Phi) is 6.02. The average molecular weight is 470 g/mol. The number of nitrogens with zero attached hydrogens (tertiary/aromatic N) is 1. The molecule has 4 rings (SSSR count). The number of hydrogen-bond acceptors (Lipinski definition) is 7. The zero-order valence-corrected chi connectivity index (χ0v) is 18.5. The van der Waals surface area contributed by atoms with Crippen LogP contribution in [-0.2, 0) is 16.1 Å². The number of methoxy groups -OCH3 is 2. The molecule has 1 fully saturated rings. The number of carbonyl (C=O) groups excluding carboxylic acids is 2. The molecule has 1 aliphatic rings. The zero-order chi connectivity index (χ0) is 23.7. The van der Waals surface area contributed by atoms with Gasteiger partial charge in [-0.25, -0.2) is 0 Å². The number of ketones is 1. The first kappa shape index (κ1) is 22.3. The predicted molar refractivity (Wildman–Crippen MR) is 119 cm³/mol. The third-order valence-corrected chi connectivity index (χ3v) is 5.70. The Bertz CT molecular complexity index is 1250. The molecule has 170 valence electrons. The number of hydrogen-bond donors (Lipinski definition) is 2. The Labute approximate surface area is 194 Å². The van der Waals surface area contributed by atoms with Crippen LogP contribution in [-0.4, -0.2) is 41.0 Å². The second-order valence-electron chi connectivity index (χ2n) is 7.28. The Morgan fingerprint density at radius 3 is 2.55 bits per heavy atom. The number of rotatable bonds is 6. The third-order valence-electron chi connectivity index (χ3n) is 5.40. The molecule has 1 atom stereocenters. The highest BCUT2D eigenvalue weighted by molar-refractivity contribution is 6.46. The van der Waals surface area contributed by atoms with Gasteiger partial charge in [-0.1, -0.05) is 17.7 Å². The van der Waals surface area contributed by atoms with E-state index < -0.39 is 23.5 Å². The Hall–Kier alpha value is -3.91. The minimum Gasteiger partial charge on any atom is -0.507 e. The molecule has 1 amide bonds. The van der Waals surface area contributed by atoms with E-state index in [0.717, 1.165) is 0 Å². The summed E-state index contributed by atoms with van der Waals surface area (Å²) in [5, 5.41) is 21.2. The molecule has 0 radical (unpaired) electrons. The van der Waals surface area contributed by atoms with Crippen molar-refractivity contribution in [3.05, 3.63) is 82.3 Å². The average Bonchev–Trinajstić information content (AvgIpc) is 3.42. The molecule has 1 saturated heterocycles. The van der Waals surface area contributed by atoms with E-state index in [0.29, 0.717) is 17.1 Å². The van der Waals surface area contributed by atoms with Gasteiger partial charge in [-0.3, -0.25) is 9.59 Å². The fourth-order valence-electron chi connectivity index (χ4n) is 3.80. The molecule has 9 heteroatoms. The molecule has 0 saturated carbocycles. The van der Waals surface area contributed by atoms with Gasteiger partial charge in [0.25, 0.3) is 11.7 Å². The molecule has 33 heavy (non-hydrogen) atoms. The fraction of sp³-hybridized carbons (Fsp3) is 0.167. The molecular formula is C24H20ClNO7. The summed E-state index contributed by atoms with van der Waals surface area (Å²) < 4.78 is 16.0. The maximum Gasteiger partial charge on any atom is 0.296 e. The number of phenols is 1. The number of Topliss-reactive ketones (excluding diaryl/α,β-unsaturated/α-hetero) is 1. The van der Waals surface area contributed by atoms with Gasteiger partial charge in [0.2, 0.25) is 0 Å². The lowest BCUT2D eigenvalue weighted by Gasteiger charge is -2.25. The van der Waals surface area contributed by atoms with E-state index in [-0.39, 0.29) is 34.2 Å². The van der Waals surface area contributed by atoms with Crippen molar-refractivity contribution >= 4 is 29.1 Å². The molecule has 2 heterocycles. The second kappa shape index (κ2) is 8.91. The molecule has 1 aromatic heterocycles. The van der Waals surface area contributed by atoms with Crippen LogP contribution in [0, 0.1) is 0 Å². The lowest BCUT2D eigenvalue weighted by Crippen LogP contribution is -2.29. The van der Waals surface area contributed by atoms with Crippen LogP contribution in [0.2, 0.25) is 5.02 Å². The summed E-state index contributed by atoms with van der Waals surface area (Å²) in [4.78, 5) is 27.5. The van der Waals surface area contributed by atoms with Gasteiger partial charge in [0.15, 0.2) is 0 Å². The van der Waals surface area contributed by atoms with Crippen molar-refractivity contribution in [1.82, 2.24) is 4.90 Å². The number of furan rings is 1. The normalized spacial score (nSPS) is 17.4. The monoisotopic (exact) mass is 469 g/mol. The van der Waals surface area contributed by atoms with E-state index in [2.05, 4.69) is 0 Å². The van der Waals surface area contributed by atoms with E-state index in [1.807, 2.05) is 0 Å². The lowest BCUT2D eigenvalue weighted by atomic mass is 9.94. The largest absolute Gasteiger partial charge is 0.507 e. The number of aliphatic hydroxyl groups excluding tert-OH is 1. The van der Waals surface area contributed by atoms with Gasteiger partial charge in [-0.15, -0.1) is 0 Å². The number of halogens is 1. The highest BCUT2D eigenvalue weighted by Crippen LogP contribution is 2.43. The maximum absolute atomic E-state index is 13.2. The third kappa shape index (κ3) is 4.01. The first-order chi connectivity index (χ1) is 15.8. The summed E-state index contributed by atoms with van der Waals surface area (Å²) >= 11 is 6.12. The Morgan fingerprint density at radius 1 is 1.12 bits per heavy atom. The topological polar surface area (TPSA) is 109 Å². The number of aromatic hydroxyl groups is 1. The van der Waals surface area contributed by atoms with E-state index in [1.165, 1.54) is 49.6 Å². The Balaban J connectivity index is 1.93. The Morgan fingerprint density at radius 2 is 1.91 bits per heavy atom. The SMILES string of the molecule is COc1ccc(OC)c(/C(O)=C2\C(=O)C(=O)N(Cc3ccco3)C2c2ccc(O)c(Cl)c2)c1. The number of carbonyl (C=O) groups is 2. The predicted octanol–water partition coefficient (Wildman–Crippen LogP) is 4.28. The fourth-order valence-corrected chi connectivity index (χ4v) is 3.99. The summed E-state index contributed by atoms with van der Waals surface area (Å²) in [5.41, 5.74) is 0.453. The highest BCUT2D eigenvalue weighted by atomic mass is 35.5. The second-order valence-corrected chi connectivity index (χ2v) is 7.69.